The van der Waals surface area contributed by atoms with Crippen LogP contribution < -0.4 is 10.7 Å². The predicted octanol–water partition coefficient (Wildman–Crippen LogP) is 0.589. The summed E-state index contributed by atoms with van der Waals surface area (Å²) < 4.78 is 20.2. The molecule has 3 rings (SSSR count). The number of amides is 1. The first-order valence-corrected chi connectivity index (χ1v) is 7.99. The molecule has 1 N–H and O–H groups in total. The third-order valence-electron chi connectivity index (χ3n) is 4.11. The van der Waals surface area contributed by atoms with Crippen molar-refractivity contribution in [2.24, 2.45) is 0 Å². The number of ether oxygens (including phenoxy) is 1. The van der Waals surface area contributed by atoms with E-state index in [2.05, 4.69) is 10.2 Å². The van der Waals surface area contributed by atoms with Crippen molar-refractivity contribution in [2.75, 3.05) is 39.4 Å². The lowest BCUT2D eigenvalue weighted by atomic mass is 10.2. The van der Waals surface area contributed by atoms with Gasteiger partial charge in [-0.2, -0.15) is 0 Å². The van der Waals surface area contributed by atoms with Crippen LogP contribution >= 0.6 is 0 Å². The lowest BCUT2D eigenvalue weighted by molar-refractivity contribution is -0.121. The SMILES string of the molecule is O=C(Cn1ccc(=O)c2cc(F)ccc21)NCCN1CCOCC1. The van der Waals surface area contributed by atoms with Crippen LogP contribution in [0, 0.1) is 5.82 Å². The molecule has 6 nitrogen and oxygen atoms in total. The van der Waals surface area contributed by atoms with Gasteiger partial charge in [-0.15, -0.1) is 0 Å². The van der Waals surface area contributed by atoms with E-state index in [1.165, 1.54) is 24.3 Å². The Bertz CT molecular complexity index is 784. The summed E-state index contributed by atoms with van der Waals surface area (Å²) in [6.07, 6.45) is 1.56. The summed E-state index contributed by atoms with van der Waals surface area (Å²) in [4.78, 5) is 26.2. The Kier molecular flexibility index (Phi) is 5.22. The normalized spacial score (nSPS) is 15.5. The van der Waals surface area contributed by atoms with Crippen LogP contribution in [0.4, 0.5) is 4.39 Å². The van der Waals surface area contributed by atoms with Crippen molar-refractivity contribution in [3.8, 4) is 0 Å². The molecular weight excluding hydrogens is 313 g/mol. The van der Waals surface area contributed by atoms with Crippen molar-refractivity contribution in [2.45, 2.75) is 6.54 Å². The highest BCUT2D eigenvalue weighted by molar-refractivity contribution is 5.82. The van der Waals surface area contributed by atoms with Gasteiger partial charge in [-0.25, -0.2) is 4.39 Å². The first kappa shape index (κ1) is 16.6. The van der Waals surface area contributed by atoms with Crippen molar-refractivity contribution in [1.29, 1.82) is 0 Å². The van der Waals surface area contributed by atoms with Gasteiger partial charge < -0.3 is 14.6 Å². The number of fused-ring (bicyclic) bond motifs is 1. The fourth-order valence-corrected chi connectivity index (χ4v) is 2.81. The molecular formula is C17H20FN3O3. The van der Waals surface area contributed by atoms with Crippen molar-refractivity contribution in [3.63, 3.8) is 0 Å². The maximum Gasteiger partial charge on any atom is 0.239 e. The van der Waals surface area contributed by atoms with E-state index in [4.69, 9.17) is 4.74 Å². The molecule has 1 fully saturated rings. The molecule has 1 aliphatic heterocycles. The second kappa shape index (κ2) is 7.55. The number of rotatable bonds is 5. The first-order valence-electron chi connectivity index (χ1n) is 7.99. The second-order valence-corrected chi connectivity index (χ2v) is 5.77. The zero-order chi connectivity index (χ0) is 16.9. The van der Waals surface area contributed by atoms with E-state index in [9.17, 15) is 14.0 Å². The molecule has 7 heteroatoms. The summed E-state index contributed by atoms with van der Waals surface area (Å²) in [6.45, 7) is 4.65. The minimum atomic E-state index is -0.465. The molecule has 0 radical (unpaired) electrons. The van der Waals surface area contributed by atoms with E-state index in [0.29, 0.717) is 12.1 Å². The quantitative estimate of drug-likeness (QED) is 0.870. The molecule has 1 aromatic carbocycles. The zero-order valence-electron chi connectivity index (χ0n) is 13.3. The van der Waals surface area contributed by atoms with Gasteiger partial charge in [0.05, 0.1) is 18.7 Å². The van der Waals surface area contributed by atoms with Crippen molar-refractivity contribution in [1.82, 2.24) is 14.8 Å². The van der Waals surface area contributed by atoms with Gasteiger partial charge in [0.2, 0.25) is 5.91 Å². The third-order valence-corrected chi connectivity index (χ3v) is 4.11. The summed E-state index contributed by atoms with van der Waals surface area (Å²) in [5, 5.41) is 3.15. The number of pyridine rings is 1. The number of carbonyl (C=O) groups excluding carboxylic acids is 1. The van der Waals surface area contributed by atoms with Crippen LogP contribution in [0.2, 0.25) is 0 Å². The highest BCUT2D eigenvalue weighted by Crippen LogP contribution is 2.11. The fourth-order valence-electron chi connectivity index (χ4n) is 2.81. The zero-order valence-corrected chi connectivity index (χ0v) is 13.3. The van der Waals surface area contributed by atoms with Crippen LogP contribution in [0.15, 0.2) is 35.3 Å². The molecule has 0 aliphatic carbocycles. The van der Waals surface area contributed by atoms with E-state index in [1.807, 2.05) is 0 Å². The monoisotopic (exact) mass is 333 g/mol. The lowest BCUT2D eigenvalue weighted by Gasteiger charge is -2.26. The van der Waals surface area contributed by atoms with Crippen molar-refractivity contribution < 1.29 is 13.9 Å². The maximum absolute atomic E-state index is 13.3. The number of nitrogens with one attached hydrogen (secondary N) is 1. The van der Waals surface area contributed by atoms with E-state index < -0.39 is 5.82 Å². The number of benzene rings is 1. The number of carbonyl (C=O) groups is 1. The molecule has 2 heterocycles. The largest absolute Gasteiger partial charge is 0.379 e. The lowest BCUT2D eigenvalue weighted by Crippen LogP contribution is -2.41. The van der Waals surface area contributed by atoms with E-state index >= 15 is 0 Å². The smallest absolute Gasteiger partial charge is 0.239 e. The topological polar surface area (TPSA) is 63.6 Å². The fraction of sp³-hybridized carbons (Fsp3) is 0.412. The summed E-state index contributed by atoms with van der Waals surface area (Å²) in [5.41, 5.74) is 0.292. The first-order chi connectivity index (χ1) is 11.6. The standard InChI is InChI=1S/C17H20FN3O3/c18-13-1-2-15-14(11-13)16(22)3-5-21(15)12-17(23)19-4-6-20-7-9-24-10-8-20/h1-3,5,11H,4,6-10,12H2,(H,19,23). The Morgan fingerprint density at radius 1 is 1.25 bits per heavy atom. The van der Waals surface area contributed by atoms with Crippen LogP contribution in [0.5, 0.6) is 0 Å². The van der Waals surface area contributed by atoms with Crippen molar-refractivity contribution in [3.05, 3.63) is 46.5 Å². The molecule has 128 valence electrons. The molecule has 1 saturated heterocycles. The molecule has 0 spiro atoms. The molecule has 0 atom stereocenters. The minimum Gasteiger partial charge on any atom is -0.379 e. The average Bonchev–Trinajstić information content (AvgIpc) is 2.58. The van der Waals surface area contributed by atoms with Crippen LogP contribution in [0.1, 0.15) is 0 Å². The number of hydrogen-bond acceptors (Lipinski definition) is 4. The summed E-state index contributed by atoms with van der Waals surface area (Å²) in [7, 11) is 0. The van der Waals surface area contributed by atoms with Gasteiger partial charge in [0.1, 0.15) is 12.4 Å². The third kappa shape index (κ3) is 3.98. The summed E-state index contributed by atoms with van der Waals surface area (Å²) in [5.74, 6) is -0.607. The van der Waals surface area contributed by atoms with Gasteiger partial charge in [0, 0.05) is 43.8 Å². The molecule has 1 aromatic heterocycles. The Labute approximate surface area is 138 Å². The minimum absolute atomic E-state index is 0.0888. The average molecular weight is 333 g/mol. The molecule has 0 bridgehead atoms. The Hall–Kier alpha value is -2.25. The summed E-state index contributed by atoms with van der Waals surface area (Å²) >= 11 is 0. The van der Waals surface area contributed by atoms with Gasteiger partial charge >= 0.3 is 0 Å². The predicted molar refractivity (Wildman–Crippen MR) is 88.4 cm³/mol. The van der Waals surface area contributed by atoms with Crippen LogP contribution in [-0.4, -0.2) is 54.8 Å². The van der Waals surface area contributed by atoms with E-state index in [-0.39, 0.29) is 23.3 Å². The highest BCUT2D eigenvalue weighted by Gasteiger charge is 2.11. The molecule has 0 saturated carbocycles. The van der Waals surface area contributed by atoms with Crippen LogP contribution in [-0.2, 0) is 16.1 Å². The van der Waals surface area contributed by atoms with E-state index in [1.54, 1.807) is 10.8 Å². The molecule has 0 unspecified atom stereocenters. The molecule has 24 heavy (non-hydrogen) atoms. The Morgan fingerprint density at radius 3 is 2.83 bits per heavy atom. The second-order valence-electron chi connectivity index (χ2n) is 5.77. The molecule has 2 aromatic rings. The van der Waals surface area contributed by atoms with Crippen LogP contribution in [0.3, 0.4) is 0 Å². The van der Waals surface area contributed by atoms with Gasteiger partial charge in [-0.1, -0.05) is 0 Å². The van der Waals surface area contributed by atoms with E-state index in [0.717, 1.165) is 32.8 Å². The number of hydrogen-bond donors (Lipinski definition) is 1. The maximum atomic E-state index is 13.3. The number of morpholine rings is 1. The van der Waals surface area contributed by atoms with Crippen LogP contribution in [0.25, 0.3) is 10.9 Å². The highest BCUT2D eigenvalue weighted by atomic mass is 19.1. The van der Waals surface area contributed by atoms with Gasteiger partial charge in [-0.05, 0) is 18.2 Å². The Morgan fingerprint density at radius 2 is 2.04 bits per heavy atom. The molecule has 1 amide bonds. The van der Waals surface area contributed by atoms with Gasteiger partial charge in [0.15, 0.2) is 5.43 Å². The number of halogens is 1. The van der Waals surface area contributed by atoms with Gasteiger partial charge in [0.25, 0.3) is 0 Å². The molecule has 1 aliphatic rings. The number of nitrogens with zero attached hydrogens (tertiary/aromatic N) is 2. The van der Waals surface area contributed by atoms with Gasteiger partial charge in [-0.3, -0.25) is 14.5 Å². The Balaban J connectivity index is 1.61. The number of aromatic nitrogens is 1. The van der Waals surface area contributed by atoms with Crippen molar-refractivity contribution >= 4 is 16.8 Å². The summed E-state index contributed by atoms with van der Waals surface area (Å²) in [6, 6.07) is 5.36.